The minimum atomic E-state index is -4.71. The Labute approximate surface area is 245 Å². The molecule has 224 valence electrons. The van der Waals surface area contributed by atoms with Crippen molar-refractivity contribution in [3.05, 3.63) is 78.9 Å². The molecule has 0 amide bonds. The quantitative estimate of drug-likeness (QED) is 0.114. The zero-order valence-electron chi connectivity index (χ0n) is 23.1. The lowest BCUT2D eigenvalue weighted by molar-refractivity contribution is -0.190. The second-order valence-corrected chi connectivity index (χ2v) is 10.8. The first kappa shape index (κ1) is 31.3. The monoisotopic (exact) mass is 606 g/mol. The van der Waals surface area contributed by atoms with Crippen LogP contribution in [0.4, 0.5) is 22.0 Å². The zero-order valence-corrected chi connectivity index (χ0v) is 23.9. The van der Waals surface area contributed by atoms with Crippen LogP contribution in [0.2, 0.25) is 0 Å². The fraction of sp³-hybridized carbons (Fsp3) is 0.312. The number of hydrogen-bond donors (Lipinski definition) is 1. The first-order valence-electron chi connectivity index (χ1n) is 13.4. The Hall–Kier alpha value is -3.66. The Balaban J connectivity index is 1.38. The van der Waals surface area contributed by atoms with E-state index in [1.807, 2.05) is 36.4 Å². The summed E-state index contributed by atoms with van der Waals surface area (Å²) in [5, 5.41) is 7.09. The molecule has 0 fully saturated rings. The second kappa shape index (κ2) is 13.5. The number of phenolic OH excluding ortho intramolecular Hbond substituents is 1. The van der Waals surface area contributed by atoms with E-state index in [0.717, 1.165) is 34.6 Å². The number of alkyl halides is 5. The number of halogens is 5. The van der Waals surface area contributed by atoms with Gasteiger partial charge in [0.1, 0.15) is 28.7 Å². The van der Waals surface area contributed by atoms with Gasteiger partial charge in [-0.3, -0.25) is 0 Å². The molecule has 4 aromatic carbocycles. The van der Waals surface area contributed by atoms with Crippen LogP contribution in [0.3, 0.4) is 0 Å². The number of aromatic hydroxyl groups is 1. The van der Waals surface area contributed by atoms with Crippen molar-refractivity contribution in [2.75, 3.05) is 19.5 Å². The van der Waals surface area contributed by atoms with E-state index in [-0.39, 0.29) is 36.3 Å². The van der Waals surface area contributed by atoms with Gasteiger partial charge in [0, 0.05) is 10.9 Å². The molecule has 0 saturated carbocycles. The Morgan fingerprint density at radius 3 is 2.17 bits per heavy atom. The number of rotatable bonds is 14. The predicted octanol–water partition coefficient (Wildman–Crippen LogP) is 9.88. The Morgan fingerprint density at radius 2 is 1.50 bits per heavy atom. The van der Waals surface area contributed by atoms with E-state index in [2.05, 4.69) is 0 Å². The van der Waals surface area contributed by atoms with E-state index in [0.29, 0.717) is 23.7 Å². The van der Waals surface area contributed by atoms with Gasteiger partial charge in [-0.05, 0) is 96.6 Å². The lowest BCUT2D eigenvalue weighted by Crippen LogP contribution is -2.45. The van der Waals surface area contributed by atoms with Crippen LogP contribution >= 0.6 is 11.8 Å². The highest BCUT2D eigenvalue weighted by molar-refractivity contribution is 8.00. The number of phenols is 1. The summed E-state index contributed by atoms with van der Waals surface area (Å²) in [7, 11) is 1.60. The van der Waals surface area contributed by atoms with Gasteiger partial charge in [-0.25, -0.2) is 4.39 Å². The summed E-state index contributed by atoms with van der Waals surface area (Å²) in [5.74, 6) is -2.44. The fourth-order valence-corrected chi connectivity index (χ4v) is 5.17. The first-order valence-corrected chi connectivity index (χ1v) is 14.4. The van der Waals surface area contributed by atoms with Gasteiger partial charge < -0.3 is 19.3 Å². The van der Waals surface area contributed by atoms with E-state index in [4.69, 9.17) is 14.2 Å². The van der Waals surface area contributed by atoms with Gasteiger partial charge in [0.15, 0.2) is 6.17 Å². The van der Waals surface area contributed by atoms with Crippen LogP contribution in [-0.4, -0.2) is 41.9 Å². The number of methoxy groups -OCH3 is 1. The van der Waals surface area contributed by atoms with E-state index < -0.39 is 23.8 Å². The maximum absolute atomic E-state index is 13.8. The summed E-state index contributed by atoms with van der Waals surface area (Å²) in [4.78, 5) is 0. The predicted molar refractivity (Wildman–Crippen MR) is 156 cm³/mol. The summed E-state index contributed by atoms with van der Waals surface area (Å²) in [5.41, 5.74) is 1.75. The smallest absolute Gasteiger partial charge is 0.359 e. The minimum Gasteiger partial charge on any atom is -0.508 e. The average molecular weight is 607 g/mol. The van der Waals surface area contributed by atoms with Crippen molar-refractivity contribution in [3.8, 4) is 39.9 Å². The molecule has 0 aliphatic heterocycles. The highest BCUT2D eigenvalue weighted by Crippen LogP contribution is 2.47. The maximum atomic E-state index is 13.8. The molecule has 0 aliphatic rings. The van der Waals surface area contributed by atoms with Crippen LogP contribution in [0.1, 0.15) is 26.2 Å². The molecular weight excluding hydrogens is 575 g/mol. The summed E-state index contributed by atoms with van der Waals surface area (Å²) in [6, 6.07) is 23.3. The Bertz CT molecular complexity index is 1460. The van der Waals surface area contributed by atoms with Crippen molar-refractivity contribution in [3.63, 3.8) is 0 Å². The molecule has 1 atom stereocenters. The van der Waals surface area contributed by atoms with Gasteiger partial charge in [-0.15, -0.1) is 0 Å². The molecular formula is C32H31F5O4S. The summed E-state index contributed by atoms with van der Waals surface area (Å²) in [6.45, 7) is 1.29. The van der Waals surface area contributed by atoms with E-state index in [1.54, 1.807) is 49.6 Å². The third-order valence-electron chi connectivity index (χ3n) is 6.63. The second-order valence-electron chi connectivity index (χ2n) is 9.57. The molecule has 0 heterocycles. The van der Waals surface area contributed by atoms with Crippen LogP contribution in [0.15, 0.2) is 78.9 Å². The molecule has 0 aromatic heterocycles. The number of benzene rings is 4. The number of fused-ring (bicyclic) bond motifs is 1. The molecule has 0 bridgehead atoms. The van der Waals surface area contributed by atoms with Gasteiger partial charge in [-0.1, -0.05) is 36.9 Å². The topological polar surface area (TPSA) is 47.9 Å². The lowest BCUT2D eigenvalue weighted by atomic mass is 9.99. The van der Waals surface area contributed by atoms with Crippen LogP contribution in [0, 0.1) is 0 Å². The SMILES string of the molecule is CCC(F)C(F)(F)C(F)(F)SCCCCOc1ccc(Oc2c(-c3ccc(OC)cc3)ccc3cc(O)ccc23)cc1. The maximum Gasteiger partial charge on any atom is 0.359 e. The van der Waals surface area contributed by atoms with Crippen LogP contribution < -0.4 is 14.2 Å². The molecule has 0 saturated heterocycles. The van der Waals surface area contributed by atoms with Gasteiger partial charge in [0.25, 0.3) is 0 Å². The van der Waals surface area contributed by atoms with Crippen molar-refractivity contribution >= 4 is 22.5 Å². The molecule has 1 unspecified atom stereocenters. The zero-order chi connectivity index (χ0) is 30.3. The lowest BCUT2D eigenvalue weighted by Gasteiger charge is -2.28. The Morgan fingerprint density at radius 1 is 0.833 bits per heavy atom. The molecule has 0 spiro atoms. The van der Waals surface area contributed by atoms with Crippen molar-refractivity contribution in [1.82, 2.24) is 0 Å². The first-order chi connectivity index (χ1) is 20.1. The molecule has 10 heteroatoms. The molecule has 4 aromatic rings. The summed E-state index contributed by atoms with van der Waals surface area (Å²) < 4.78 is 85.3. The number of hydrogen-bond acceptors (Lipinski definition) is 5. The molecule has 1 N–H and O–H groups in total. The summed E-state index contributed by atoms with van der Waals surface area (Å²) >= 11 is -0.234. The molecule has 4 rings (SSSR count). The minimum absolute atomic E-state index is 0.141. The number of unbranched alkanes of at least 4 members (excludes halogenated alkanes) is 1. The largest absolute Gasteiger partial charge is 0.508 e. The Kier molecular flexibility index (Phi) is 10.1. The molecule has 4 nitrogen and oxygen atoms in total. The van der Waals surface area contributed by atoms with E-state index in [9.17, 15) is 27.1 Å². The highest BCUT2D eigenvalue weighted by atomic mass is 32.2. The third kappa shape index (κ3) is 7.21. The van der Waals surface area contributed by atoms with Crippen molar-refractivity contribution in [1.29, 1.82) is 0 Å². The summed E-state index contributed by atoms with van der Waals surface area (Å²) in [6.07, 6.45) is -3.02. The van der Waals surface area contributed by atoms with Gasteiger partial charge >= 0.3 is 11.2 Å². The van der Waals surface area contributed by atoms with Gasteiger partial charge in [0.2, 0.25) is 0 Å². The van der Waals surface area contributed by atoms with Crippen molar-refractivity contribution in [2.45, 2.75) is 43.5 Å². The molecule has 42 heavy (non-hydrogen) atoms. The number of ether oxygens (including phenoxy) is 3. The molecule has 0 aliphatic carbocycles. The van der Waals surface area contributed by atoms with Crippen molar-refractivity contribution in [2.24, 2.45) is 0 Å². The van der Waals surface area contributed by atoms with Gasteiger partial charge in [-0.2, -0.15) is 17.6 Å². The van der Waals surface area contributed by atoms with Crippen LogP contribution in [-0.2, 0) is 0 Å². The van der Waals surface area contributed by atoms with Crippen LogP contribution in [0.25, 0.3) is 21.9 Å². The average Bonchev–Trinajstić information content (AvgIpc) is 2.99. The third-order valence-corrected chi connectivity index (χ3v) is 7.76. The van der Waals surface area contributed by atoms with Crippen LogP contribution in [0.5, 0.6) is 28.7 Å². The normalized spacial score (nSPS) is 12.7. The van der Waals surface area contributed by atoms with E-state index in [1.165, 1.54) is 0 Å². The van der Waals surface area contributed by atoms with Gasteiger partial charge in [0.05, 0.1) is 13.7 Å². The standard InChI is InChI=1S/C32H31F5O4S/c1-3-29(33)31(34,35)32(36,37)42-19-5-4-18-40-25-12-14-26(15-13-25)41-30-27(21-6-10-24(39-2)11-7-21)16-8-22-20-23(38)9-17-28(22)30/h6-17,20,29,38H,3-5,18-19H2,1-2H3. The fourth-order valence-electron chi connectivity index (χ4n) is 4.25. The van der Waals surface area contributed by atoms with Crippen molar-refractivity contribution < 1.29 is 41.3 Å². The molecule has 0 radical (unpaired) electrons. The van der Waals surface area contributed by atoms with E-state index >= 15 is 0 Å². The number of thioether (sulfide) groups is 1. The highest BCUT2D eigenvalue weighted by Gasteiger charge is 2.61.